The number of nitrogens with one attached hydrogen (secondary N) is 1. The van der Waals surface area contributed by atoms with Crippen LogP contribution in [0, 0.1) is 0 Å². The van der Waals surface area contributed by atoms with Crippen LogP contribution in [0.25, 0.3) is 0 Å². The molecule has 120 valence electrons. The van der Waals surface area contributed by atoms with Crippen LogP contribution in [-0.4, -0.2) is 44.1 Å². The second kappa shape index (κ2) is 6.91. The van der Waals surface area contributed by atoms with Crippen LogP contribution >= 0.6 is 0 Å². The fourth-order valence-electron chi connectivity index (χ4n) is 2.84. The molecule has 21 heavy (non-hydrogen) atoms. The molecule has 1 aromatic rings. The number of hydrogen-bond donors (Lipinski definition) is 2. The zero-order valence-corrected chi connectivity index (χ0v) is 13.7. The summed E-state index contributed by atoms with van der Waals surface area (Å²) in [5.74, 6) is 0. The van der Waals surface area contributed by atoms with Gasteiger partial charge in [0.05, 0.1) is 4.90 Å². The minimum absolute atomic E-state index is 0.00963. The number of hydrogen-bond acceptors (Lipinski definition) is 4. The van der Waals surface area contributed by atoms with E-state index in [0.717, 1.165) is 44.6 Å². The third-order valence-corrected chi connectivity index (χ3v) is 5.38. The summed E-state index contributed by atoms with van der Waals surface area (Å²) >= 11 is 0. The predicted octanol–water partition coefficient (Wildman–Crippen LogP) is 0.729. The van der Waals surface area contributed by atoms with Gasteiger partial charge in [-0.25, -0.2) is 13.1 Å². The van der Waals surface area contributed by atoms with Crippen molar-refractivity contribution in [1.82, 2.24) is 14.2 Å². The van der Waals surface area contributed by atoms with Crippen molar-refractivity contribution < 1.29 is 8.42 Å². The van der Waals surface area contributed by atoms with Gasteiger partial charge in [-0.15, -0.1) is 0 Å². The molecule has 0 radical (unpaired) electrons. The van der Waals surface area contributed by atoms with E-state index in [4.69, 9.17) is 5.73 Å². The zero-order valence-electron chi connectivity index (χ0n) is 12.9. The number of aryl methyl sites for hydroxylation is 1. The Morgan fingerprint density at radius 1 is 1.48 bits per heavy atom. The number of likely N-dealkylation sites (N-methyl/N-ethyl adjacent to an activating group) is 1. The Kier molecular flexibility index (Phi) is 5.43. The number of rotatable bonds is 6. The molecule has 1 fully saturated rings. The Bertz CT molecular complexity index is 568. The van der Waals surface area contributed by atoms with Crippen molar-refractivity contribution in [2.75, 3.05) is 20.1 Å². The molecule has 1 atom stereocenters. The van der Waals surface area contributed by atoms with Gasteiger partial charge in [-0.3, -0.25) is 0 Å². The fourth-order valence-corrected chi connectivity index (χ4v) is 4.17. The van der Waals surface area contributed by atoms with Gasteiger partial charge in [0.25, 0.3) is 0 Å². The summed E-state index contributed by atoms with van der Waals surface area (Å²) in [6.07, 6.45) is 4.56. The van der Waals surface area contributed by atoms with Crippen LogP contribution in [0.4, 0.5) is 0 Å². The van der Waals surface area contributed by atoms with Crippen molar-refractivity contribution in [3.63, 3.8) is 0 Å². The third-order valence-electron chi connectivity index (χ3n) is 3.89. The summed E-state index contributed by atoms with van der Waals surface area (Å²) in [5, 5.41) is 0. The Balaban J connectivity index is 2.15. The summed E-state index contributed by atoms with van der Waals surface area (Å²) < 4.78 is 29.8. The van der Waals surface area contributed by atoms with Crippen LogP contribution in [0.15, 0.2) is 17.2 Å². The van der Waals surface area contributed by atoms with Gasteiger partial charge in [0, 0.05) is 37.6 Å². The lowest BCUT2D eigenvalue weighted by molar-refractivity contribution is 0.242. The number of likely N-dealkylation sites (tertiary alicyclic amines) is 1. The van der Waals surface area contributed by atoms with Gasteiger partial charge in [0.2, 0.25) is 10.0 Å². The summed E-state index contributed by atoms with van der Waals surface area (Å²) in [5.41, 5.74) is 6.56. The first-order chi connectivity index (χ1) is 9.96. The maximum Gasteiger partial charge on any atom is 0.242 e. The maximum absolute atomic E-state index is 12.5. The molecule has 6 nitrogen and oxygen atoms in total. The number of sulfonamides is 1. The minimum Gasteiger partial charge on any atom is -0.349 e. The standard InChI is InChI=1S/C14H26N4O2S/c1-3-6-18-11-14(8-13(18)9-15)21(19,20)16-12-5-4-7-17(2)10-12/h8,11-12,16H,3-7,9-10,15H2,1-2H3. The molecule has 0 amide bonds. The van der Waals surface area contributed by atoms with Crippen molar-refractivity contribution in [3.05, 3.63) is 18.0 Å². The van der Waals surface area contributed by atoms with Crippen molar-refractivity contribution >= 4 is 10.0 Å². The molecule has 3 N–H and O–H groups in total. The first-order valence-electron chi connectivity index (χ1n) is 7.56. The second-order valence-electron chi connectivity index (χ2n) is 5.79. The van der Waals surface area contributed by atoms with Crippen molar-refractivity contribution in [1.29, 1.82) is 0 Å². The molecule has 2 rings (SSSR count). The van der Waals surface area contributed by atoms with E-state index in [2.05, 4.69) is 16.5 Å². The molecule has 2 heterocycles. The molecular weight excluding hydrogens is 288 g/mol. The molecule has 1 saturated heterocycles. The van der Waals surface area contributed by atoms with Crippen LogP contribution in [0.5, 0.6) is 0 Å². The highest BCUT2D eigenvalue weighted by molar-refractivity contribution is 7.89. The number of piperidine rings is 1. The predicted molar refractivity (Wildman–Crippen MR) is 83.5 cm³/mol. The van der Waals surface area contributed by atoms with Gasteiger partial charge < -0.3 is 15.2 Å². The molecule has 0 bridgehead atoms. The highest BCUT2D eigenvalue weighted by Crippen LogP contribution is 2.17. The van der Waals surface area contributed by atoms with Gasteiger partial charge in [-0.2, -0.15) is 0 Å². The first-order valence-corrected chi connectivity index (χ1v) is 9.04. The fraction of sp³-hybridized carbons (Fsp3) is 0.714. The van der Waals surface area contributed by atoms with E-state index in [0.29, 0.717) is 11.4 Å². The monoisotopic (exact) mass is 314 g/mol. The number of nitrogens with zero attached hydrogens (tertiary/aromatic N) is 2. The van der Waals surface area contributed by atoms with Gasteiger partial charge in [0.1, 0.15) is 0 Å². The molecule has 0 aromatic carbocycles. The van der Waals surface area contributed by atoms with Crippen LogP contribution in [0.2, 0.25) is 0 Å². The van der Waals surface area contributed by atoms with Crippen molar-refractivity contribution in [2.45, 2.75) is 50.2 Å². The second-order valence-corrected chi connectivity index (χ2v) is 7.50. The SMILES string of the molecule is CCCn1cc(S(=O)(=O)NC2CCCN(C)C2)cc1CN. The maximum atomic E-state index is 12.5. The first kappa shape index (κ1) is 16.5. The van der Waals surface area contributed by atoms with Crippen LogP contribution in [0.1, 0.15) is 31.9 Å². The highest BCUT2D eigenvalue weighted by Gasteiger charge is 2.25. The number of nitrogens with two attached hydrogens (primary N) is 1. The molecule has 0 saturated carbocycles. The lowest BCUT2D eigenvalue weighted by Crippen LogP contribution is -2.46. The Morgan fingerprint density at radius 3 is 2.86 bits per heavy atom. The normalized spacial score (nSPS) is 20.8. The molecular formula is C14H26N4O2S. The van der Waals surface area contributed by atoms with Crippen LogP contribution in [-0.2, 0) is 23.1 Å². The van der Waals surface area contributed by atoms with Crippen molar-refractivity contribution in [2.24, 2.45) is 5.73 Å². The third kappa shape index (κ3) is 4.06. The van der Waals surface area contributed by atoms with E-state index >= 15 is 0 Å². The van der Waals surface area contributed by atoms with Gasteiger partial charge in [-0.1, -0.05) is 6.92 Å². The molecule has 7 heteroatoms. The summed E-state index contributed by atoms with van der Waals surface area (Å²) in [7, 11) is -1.45. The topological polar surface area (TPSA) is 80.4 Å². The van der Waals surface area contributed by atoms with Gasteiger partial charge >= 0.3 is 0 Å². The van der Waals surface area contributed by atoms with E-state index in [1.54, 1.807) is 12.3 Å². The summed E-state index contributed by atoms with van der Waals surface area (Å²) in [6.45, 7) is 4.99. The Hall–Kier alpha value is -0.890. The molecule has 1 aliphatic heterocycles. The highest BCUT2D eigenvalue weighted by atomic mass is 32.2. The molecule has 0 aliphatic carbocycles. The Labute approximate surface area is 127 Å². The largest absolute Gasteiger partial charge is 0.349 e. The minimum atomic E-state index is -3.47. The smallest absolute Gasteiger partial charge is 0.242 e. The van der Waals surface area contributed by atoms with E-state index in [1.807, 2.05) is 11.6 Å². The average molecular weight is 314 g/mol. The lowest BCUT2D eigenvalue weighted by Gasteiger charge is -2.29. The molecule has 1 aromatic heterocycles. The van der Waals surface area contributed by atoms with Crippen LogP contribution in [0.3, 0.4) is 0 Å². The quantitative estimate of drug-likeness (QED) is 0.811. The Morgan fingerprint density at radius 2 is 2.24 bits per heavy atom. The summed E-state index contributed by atoms with van der Waals surface area (Å²) in [4.78, 5) is 2.48. The average Bonchev–Trinajstić information content (AvgIpc) is 2.83. The number of aromatic nitrogens is 1. The van der Waals surface area contributed by atoms with E-state index in [1.165, 1.54) is 0 Å². The van der Waals surface area contributed by atoms with E-state index in [9.17, 15) is 8.42 Å². The molecule has 0 spiro atoms. The lowest BCUT2D eigenvalue weighted by atomic mass is 10.1. The molecule has 1 aliphatic rings. The molecule has 1 unspecified atom stereocenters. The van der Waals surface area contributed by atoms with Crippen LogP contribution < -0.4 is 10.5 Å². The van der Waals surface area contributed by atoms with Crippen molar-refractivity contribution in [3.8, 4) is 0 Å². The summed E-state index contributed by atoms with van der Waals surface area (Å²) in [6, 6.07) is 1.68. The van der Waals surface area contributed by atoms with Gasteiger partial charge in [-0.05, 0) is 38.9 Å². The van der Waals surface area contributed by atoms with E-state index < -0.39 is 10.0 Å². The zero-order chi connectivity index (χ0) is 15.5. The van der Waals surface area contributed by atoms with Gasteiger partial charge in [0.15, 0.2) is 0 Å². The van der Waals surface area contributed by atoms with E-state index in [-0.39, 0.29) is 6.04 Å².